The molecule has 0 unspecified atom stereocenters. The second-order valence-electron chi connectivity index (χ2n) is 6.72. The van der Waals surface area contributed by atoms with Gasteiger partial charge < -0.3 is 5.32 Å². The van der Waals surface area contributed by atoms with E-state index in [-0.39, 0.29) is 17.8 Å². The fraction of sp³-hybridized carbons (Fsp3) is 0.300. The molecule has 0 bridgehead atoms. The van der Waals surface area contributed by atoms with Crippen LogP contribution in [-0.4, -0.2) is 21.8 Å². The Morgan fingerprint density at radius 1 is 1.14 bits per heavy atom. The van der Waals surface area contributed by atoms with E-state index in [1.165, 1.54) is 42.5 Å². The van der Waals surface area contributed by atoms with E-state index in [1.54, 1.807) is 6.07 Å². The van der Waals surface area contributed by atoms with Gasteiger partial charge in [0.05, 0.1) is 11.5 Å². The minimum atomic E-state index is -1.30. The van der Waals surface area contributed by atoms with Crippen LogP contribution in [0.25, 0.3) is 0 Å². The van der Waals surface area contributed by atoms with Crippen molar-refractivity contribution in [3.63, 3.8) is 0 Å². The molecule has 1 aliphatic rings. The number of hydrogen-bond donors (Lipinski definition) is 1. The van der Waals surface area contributed by atoms with Crippen molar-refractivity contribution in [3.05, 3.63) is 75.6 Å². The Bertz CT molecular complexity index is 916. The number of nitrogens with one attached hydrogen (secondary N) is 1. The summed E-state index contributed by atoms with van der Waals surface area (Å²) in [5.41, 5.74) is -0.701. The number of carbonyl (C=O) groups is 2. The number of para-hydroxylation sites is 1. The third kappa shape index (κ3) is 3.45. The number of imide groups is 1. The van der Waals surface area contributed by atoms with E-state index in [0.29, 0.717) is 18.4 Å². The van der Waals surface area contributed by atoms with Crippen molar-refractivity contribution >= 4 is 17.6 Å². The molecule has 1 aliphatic heterocycles. The first-order valence-corrected chi connectivity index (χ1v) is 9.01. The van der Waals surface area contributed by atoms with Crippen LogP contribution in [0.15, 0.2) is 48.5 Å². The minimum absolute atomic E-state index is 0.157. The number of halogens is 1. The second-order valence-corrected chi connectivity index (χ2v) is 6.72. The standard InChI is InChI=1S/C20H20FN3O4/c1-2-3-12-20(15-8-10-16(21)11-9-15)18(25)23(19(26)22-20)13-14-6-4-5-7-17(14)24(27)28/h4-11H,2-3,12-13H2,1H3,(H,22,26)/t20-/m1/s1. The molecular weight excluding hydrogens is 365 g/mol. The number of hydrogen-bond acceptors (Lipinski definition) is 4. The van der Waals surface area contributed by atoms with Crippen LogP contribution < -0.4 is 5.32 Å². The summed E-state index contributed by atoms with van der Waals surface area (Å²) in [5, 5.41) is 14.0. The van der Waals surface area contributed by atoms with E-state index < -0.39 is 28.2 Å². The molecule has 0 saturated carbocycles. The zero-order valence-corrected chi connectivity index (χ0v) is 15.4. The van der Waals surface area contributed by atoms with Crippen molar-refractivity contribution in [2.24, 2.45) is 0 Å². The molecule has 1 fully saturated rings. The molecule has 1 atom stereocenters. The summed E-state index contributed by atoms with van der Waals surface area (Å²) in [4.78, 5) is 37.6. The number of unbranched alkanes of at least 4 members (excludes halogenated alkanes) is 1. The van der Waals surface area contributed by atoms with Gasteiger partial charge in [0.25, 0.3) is 11.6 Å². The molecule has 0 radical (unpaired) electrons. The first-order valence-electron chi connectivity index (χ1n) is 9.01. The summed E-state index contributed by atoms with van der Waals surface area (Å²) in [6.45, 7) is 1.75. The predicted octanol–water partition coefficient (Wildman–Crippen LogP) is 3.87. The maximum absolute atomic E-state index is 13.4. The van der Waals surface area contributed by atoms with E-state index in [0.717, 1.165) is 11.3 Å². The molecule has 8 heteroatoms. The average molecular weight is 385 g/mol. The molecule has 146 valence electrons. The van der Waals surface area contributed by atoms with Crippen LogP contribution in [0.4, 0.5) is 14.9 Å². The van der Waals surface area contributed by atoms with Gasteiger partial charge in [-0.15, -0.1) is 0 Å². The zero-order valence-electron chi connectivity index (χ0n) is 15.4. The highest BCUT2D eigenvalue weighted by Crippen LogP contribution is 2.35. The minimum Gasteiger partial charge on any atom is -0.319 e. The number of carbonyl (C=O) groups excluding carboxylic acids is 2. The highest BCUT2D eigenvalue weighted by atomic mass is 19.1. The number of rotatable bonds is 7. The Morgan fingerprint density at radius 3 is 2.46 bits per heavy atom. The van der Waals surface area contributed by atoms with E-state index in [4.69, 9.17) is 0 Å². The zero-order chi connectivity index (χ0) is 20.3. The quantitative estimate of drug-likeness (QED) is 0.445. The van der Waals surface area contributed by atoms with Gasteiger partial charge in [0, 0.05) is 11.6 Å². The topological polar surface area (TPSA) is 92.6 Å². The van der Waals surface area contributed by atoms with Crippen molar-refractivity contribution in [1.29, 1.82) is 0 Å². The fourth-order valence-corrected chi connectivity index (χ4v) is 3.45. The van der Waals surface area contributed by atoms with Crippen LogP contribution >= 0.6 is 0 Å². The van der Waals surface area contributed by atoms with Crippen LogP contribution in [0.2, 0.25) is 0 Å². The molecular formula is C20H20FN3O4. The molecule has 2 aromatic rings. The van der Waals surface area contributed by atoms with Crippen LogP contribution in [-0.2, 0) is 16.9 Å². The molecule has 1 saturated heterocycles. The Kier molecular flexibility index (Phi) is 5.39. The number of nitro benzene ring substituents is 1. The number of nitro groups is 1. The Hall–Kier alpha value is -3.29. The largest absolute Gasteiger partial charge is 0.325 e. The lowest BCUT2D eigenvalue weighted by atomic mass is 9.84. The molecule has 3 rings (SSSR count). The maximum Gasteiger partial charge on any atom is 0.325 e. The van der Waals surface area contributed by atoms with Crippen molar-refractivity contribution < 1.29 is 18.9 Å². The van der Waals surface area contributed by atoms with Gasteiger partial charge in [0.15, 0.2) is 0 Å². The lowest BCUT2D eigenvalue weighted by Gasteiger charge is -2.27. The first kappa shape index (κ1) is 19.5. The molecule has 28 heavy (non-hydrogen) atoms. The van der Waals surface area contributed by atoms with Gasteiger partial charge >= 0.3 is 6.03 Å². The van der Waals surface area contributed by atoms with Crippen LogP contribution in [0.5, 0.6) is 0 Å². The highest BCUT2D eigenvalue weighted by molar-refractivity contribution is 6.07. The fourth-order valence-electron chi connectivity index (χ4n) is 3.45. The van der Waals surface area contributed by atoms with Gasteiger partial charge in [-0.25, -0.2) is 9.18 Å². The summed E-state index contributed by atoms with van der Waals surface area (Å²) in [5.74, 6) is -0.932. The van der Waals surface area contributed by atoms with Crippen LogP contribution in [0.3, 0.4) is 0 Å². The van der Waals surface area contributed by atoms with Gasteiger partial charge in [0.1, 0.15) is 11.4 Å². The molecule has 2 aromatic carbocycles. The first-order chi connectivity index (χ1) is 13.4. The normalized spacial score (nSPS) is 19.0. The van der Waals surface area contributed by atoms with Crippen molar-refractivity contribution in [3.8, 4) is 0 Å². The lowest BCUT2D eigenvalue weighted by molar-refractivity contribution is -0.385. The number of urea groups is 1. The van der Waals surface area contributed by atoms with Crippen molar-refractivity contribution in [1.82, 2.24) is 10.2 Å². The molecule has 1 N–H and O–H groups in total. The molecule has 1 heterocycles. The summed E-state index contributed by atoms with van der Waals surface area (Å²) in [6, 6.07) is 10.8. The number of benzene rings is 2. The lowest BCUT2D eigenvalue weighted by Crippen LogP contribution is -2.44. The summed E-state index contributed by atoms with van der Waals surface area (Å²) < 4.78 is 13.4. The monoisotopic (exact) mass is 385 g/mol. The Labute approximate surface area is 161 Å². The third-order valence-corrected chi connectivity index (χ3v) is 4.93. The molecule has 0 aliphatic carbocycles. The van der Waals surface area contributed by atoms with E-state index in [9.17, 15) is 24.1 Å². The SMILES string of the molecule is CCCC[C@]1(c2ccc(F)cc2)NC(=O)N(Cc2ccccc2[N+](=O)[O-])C1=O. The van der Waals surface area contributed by atoms with Crippen molar-refractivity contribution in [2.75, 3.05) is 0 Å². The smallest absolute Gasteiger partial charge is 0.319 e. The van der Waals surface area contributed by atoms with E-state index in [2.05, 4.69) is 5.32 Å². The van der Waals surface area contributed by atoms with E-state index in [1.807, 2.05) is 6.92 Å². The summed E-state index contributed by atoms with van der Waals surface area (Å²) in [7, 11) is 0. The third-order valence-electron chi connectivity index (χ3n) is 4.93. The van der Waals surface area contributed by atoms with Gasteiger partial charge in [-0.2, -0.15) is 0 Å². The maximum atomic E-state index is 13.4. The Balaban J connectivity index is 1.98. The molecule has 7 nitrogen and oxygen atoms in total. The molecule has 3 amide bonds. The highest BCUT2D eigenvalue weighted by Gasteiger charge is 2.52. The van der Waals surface area contributed by atoms with Gasteiger partial charge in [-0.05, 0) is 24.1 Å². The van der Waals surface area contributed by atoms with Gasteiger partial charge in [-0.1, -0.05) is 50.1 Å². The second kappa shape index (κ2) is 7.75. The van der Waals surface area contributed by atoms with E-state index >= 15 is 0 Å². The Morgan fingerprint density at radius 2 is 1.82 bits per heavy atom. The molecule has 0 aromatic heterocycles. The van der Waals surface area contributed by atoms with Crippen LogP contribution in [0, 0.1) is 15.9 Å². The number of amides is 3. The number of nitrogens with zero attached hydrogens (tertiary/aromatic N) is 2. The van der Waals surface area contributed by atoms with Crippen LogP contribution in [0.1, 0.15) is 37.3 Å². The summed E-state index contributed by atoms with van der Waals surface area (Å²) >= 11 is 0. The average Bonchev–Trinajstić information content (AvgIpc) is 2.92. The van der Waals surface area contributed by atoms with Gasteiger partial charge in [0.2, 0.25) is 0 Å². The predicted molar refractivity (Wildman–Crippen MR) is 99.8 cm³/mol. The van der Waals surface area contributed by atoms with Gasteiger partial charge in [-0.3, -0.25) is 19.8 Å². The van der Waals surface area contributed by atoms with Crippen molar-refractivity contribution in [2.45, 2.75) is 38.3 Å². The molecule has 0 spiro atoms. The summed E-state index contributed by atoms with van der Waals surface area (Å²) in [6.07, 6.45) is 1.83.